The number of hydrogen-bond donors (Lipinski definition) is 1. The van der Waals surface area contributed by atoms with Gasteiger partial charge in [-0.3, -0.25) is 9.79 Å². The molecule has 0 saturated carbocycles. The summed E-state index contributed by atoms with van der Waals surface area (Å²) in [6.07, 6.45) is 3.11. The van der Waals surface area contributed by atoms with E-state index < -0.39 is 5.91 Å². The number of aliphatic imine (C=N–C) groups is 2. The van der Waals surface area contributed by atoms with Crippen LogP contribution in [0.15, 0.2) is 21.4 Å². The van der Waals surface area contributed by atoms with Crippen LogP contribution in [0.3, 0.4) is 0 Å². The monoisotopic (exact) mass is 208 g/mol. The fourth-order valence-corrected chi connectivity index (χ4v) is 1.93. The summed E-state index contributed by atoms with van der Waals surface area (Å²) in [4.78, 5) is 21.2. The number of rotatable bonds is 2. The molecule has 1 amide bonds. The molecule has 0 fully saturated rings. The van der Waals surface area contributed by atoms with Gasteiger partial charge in [0.1, 0.15) is 17.9 Å². The Kier molecular flexibility index (Phi) is 2.28. The zero-order valence-corrected chi connectivity index (χ0v) is 8.07. The van der Waals surface area contributed by atoms with E-state index in [-0.39, 0.29) is 0 Å². The van der Waals surface area contributed by atoms with E-state index in [0.29, 0.717) is 11.5 Å². The first kappa shape index (κ1) is 8.89. The molecule has 2 heterocycles. The highest BCUT2D eigenvalue weighted by molar-refractivity contribution is 7.12. The molecule has 5 nitrogen and oxygen atoms in total. The van der Waals surface area contributed by atoms with Crippen molar-refractivity contribution in [2.75, 3.05) is 11.6 Å². The van der Waals surface area contributed by atoms with E-state index in [1.807, 2.05) is 11.4 Å². The third-order valence-electron chi connectivity index (χ3n) is 1.77. The van der Waals surface area contributed by atoms with Gasteiger partial charge in [-0.1, -0.05) is 0 Å². The normalized spacial score (nSPS) is 14.7. The Morgan fingerprint density at radius 2 is 2.50 bits per heavy atom. The molecule has 2 rings (SSSR count). The largest absolute Gasteiger partial charge is 0.365 e. The lowest BCUT2D eigenvalue weighted by molar-refractivity contribution is 0.100. The van der Waals surface area contributed by atoms with Crippen molar-refractivity contribution in [2.24, 2.45) is 15.7 Å². The standard InChI is InChI=1S/C8H8N4OS/c9-8(13)7-6(1-2-14-7)12-4-10-3-11-5-12/h1-4H,5H2,(H2,9,13). The highest BCUT2D eigenvalue weighted by Gasteiger charge is 2.15. The predicted molar refractivity (Wildman–Crippen MR) is 57.2 cm³/mol. The van der Waals surface area contributed by atoms with Crippen LogP contribution < -0.4 is 10.6 Å². The molecule has 1 aromatic heterocycles. The maximum atomic E-state index is 11.0. The maximum Gasteiger partial charge on any atom is 0.260 e. The van der Waals surface area contributed by atoms with Gasteiger partial charge in [-0.05, 0) is 11.4 Å². The molecule has 72 valence electrons. The van der Waals surface area contributed by atoms with Crippen LogP contribution in [0.5, 0.6) is 0 Å². The third kappa shape index (κ3) is 1.51. The van der Waals surface area contributed by atoms with Crippen molar-refractivity contribution >= 4 is 35.6 Å². The number of carbonyl (C=O) groups excluding carboxylic acids is 1. The van der Waals surface area contributed by atoms with Crippen molar-refractivity contribution in [1.29, 1.82) is 0 Å². The molecule has 2 N–H and O–H groups in total. The van der Waals surface area contributed by atoms with Crippen LogP contribution in [0.4, 0.5) is 5.69 Å². The number of carbonyl (C=O) groups is 1. The Morgan fingerprint density at radius 3 is 3.14 bits per heavy atom. The summed E-state index contributed by atoms with van der Waals surface area (Å²) < 4.78 is 0. The van der Waals surface area contributed by atoms with Crippen LogP contribution >= 0.6 is 11.3 Å². The smallest absolute Gasteiger partial charge is 0.260 e. The van der Waals surface area contributed by atoms with Gasteiger partial charge in [0.05, 0.1) is 12.0 Å². The predicted octanol–water partition coefficient (Wildman–Crippen LogP) is 0.681. The molecular weight excluding hydrogens is 200 g/mol. The number of hydrogen-bond acceptors (Lipinski definition) is 5. The van der Waals surface area contributed by atoms with E-state index in [9.17, 15) is 4.79 Å². The maximum absolute atomic E-state index is 11.0. The van der Waals surface area contributed by atoms with Gasteiger partial charge >= 0.3 is 0 Å². The fourth-order valence-electron chi connectivity index (χ4n) is 1.17. The van der Waals surface area contributed by atoms with Gasteiger partial charge in [0, 0.05) is 0 Å². The number of amides is 1. The molecule has 0 spiro atoms. The van der Waals surface area contributed by atoms with Crippen molar-refractivity contribution in [3.05, 3.63) is 16.3 Å². The summed E-state index contributed by atoms with van der Waals surface area (Å²) in [5.41, 5.74) is 5.99. The molecule has 1 aliphatic heterocycles. The number of nitrogens with zero attached hydrogens (tertiary/aromatic N) is 3. The molecule has 0 radical (unpaired) electrons. The van der Waals surface area contributed by atoms with Gasteiger partial charge in [0.2, 0.25) is 0 Å². The molecule has 14 heavy (non-hydrogen) atoms. The fraction of sp³-hybridized carbons (Fsp3) is 0.125. The number of thiophene rings is 1. The average molecular weight is 208 g/mol. The van der Waals surface area contributed by atoms with E-state index in [1.54, 1.807) is 11.2 Å². The first-order valence-electron chi connectivity index (χ1n) is 3.94. The van der Waals surface area contributed by atoms with Crippen molar-refractivity contribution in [3.8, 4) is 0 Å². The van der Waals surface area contributed by atoms with Gasteiger partial charge < -0.3 is 10.6 Å². The molecule has 0 unspecified atom stereocenters. The minimum absolute atomic E-state index is 0.419. The number of nitrogens with two attached hydrogens (primary N) is 1. The van der Waals surface area contributed by atoms with Crippen LogP contribution in [-0.4, -0.2) is 25.3 Å². The average Bonchev–Trinajstić information content (AvgIpc) is 2.67. The Bertz CT molecular complexity index is 409. The summed E-state index contributed by atoms with van der Waals surface area (Å²) in [6.45, 7) is 0.473. The minimum atomic E-state index is -0.419. The molecule has 0 aromatic carbocycles. The second-order valence-corrected chi connectivity index (χ2v) is 3.59. The summed E-state index contributed by atoms with van der Waals surface area (Å²) in [6, 6.07) is 1.83. The molecule has 0 saturated heterocycles. The lowest BCUT2D eigenvalue weighted by Gasteiger charge is -2.18. The molecular formula is C8H8N4OS. The van der Waals surface area contributed by atoms with Crippen LogP contribution in [0.25, 0.3) is 0 Å². The highest BCUT2D eigenvalue weighted by Crippen LogP contribution is 2.25. The quantitative estimate of drug-likeness (QED) is 0.776. The summed E-state index contributed by atoms with van der Waals surface area (Å²) >= 11 is 1.32. The van der Waals surface area contributed by atoms with Crippen molar-refractivity contribution < 1.29 is 4.79 Å². The van der Waals surface area contributed by atoms with E-state index in [0.717, 1.165) is 5.69 Å². The van der Waals surface area contributed by atoms with Crippen LogP contribution in [0.2, 0.25) is 0 Å². The Morgan fingerprint density at radius 1 is 1.64 bits per heavy atom. The minimum Gasteiger partial charge on any atom is -0.365 e. The zero-order chi connectivity index (χ0) is 9.97. The van der Waals surface area contributed by atoms with E-state index >= 15 is 0 Å². The summed E-state index contributed by atoms with van der Waals surface area (Å²) in [7, 11) is 0. The highest BCUT2D eigenvalue weighted by atomic mass is 32.1. The molecule has 1 aliphatic rings. The van der Waals surface area contributed by atoms with Crippen LogP contribution in [-0.2, 0) is 0 Å². The molecule has 0 atom stereocenters. The molecule has 0 aliphatic carbocycles. The second-order valence-electron chi connectivity index (χ2n) is 2.67. The Labute approximate surface area is 84.6 Å². The van der Waals surface area contributed by atoms with Gasteiger partial charge in [0.25, 0.3) is 5.91 Å². The first-order chi connectivity index (χ1) is 6.79. The molecule has 6 heteroatoms. The third-order valence-corrected chi connectivity index (χ3v) is 2.68. The SMILES string of the molecule is NC(=O)c1sccc1N1C=NC=NC1. The van der Waals surface area contributed by atoms with E-state index in [1.165, 1.54) is 17.7 Å². The Hall–Kier alpha value is -1.69. The van der Waals surface area contributed by atoms with Crippen molar-refractivity contribution in [2.45, 2.75) is 0 Å². The van der Waals surface area contributed by atoms with Crippen LogP contribution in [0, 0.1) is 0 Å². The lowest BCUT2D eigenvalue weighted by atomic mass is 10.3. The number of anilines is 1. The molecule has 0 bridgehead atoms. The Balaban J connectivity index is 2.32. The van der Waals surface area contributed by atoms with Gasteiger partial charge in [-0.15, -0.1) is 11.3 Å². The molecule has 1 aromatic rings. The summed E-state index contributed by atoms with van der Waals surface area (Å²) in [5, 5.41) is 1.82. The topological polar surface area (TPSA) is 71.1 Å². The van der Waals surface area contributed by atoms with Crippen molar-refractivity contribution in [1.82, 2.24) is 0 Å². The van der Waals surface area contributed by atoms with Crippen LogP contribution in [0.1, 0.15) is 9.67 Å². The summed E-state index contributed by atoms with van der Waals surface area (Å²) in [5.74, 6) is -0.419. The van der Waals surface area contributed by atoms with Gasteiger partial charge in [-0.25, -0.2) is 4.99 Å². The van der Waals surface area contributed by atoms with Gasteiger partial charge in [-0.2, -0.15) is 0 Å². The zero-order valence-electron chi connectivity index (χ0n) is 7.25. The lowest BCUT2D eigenvalue weighted by Crippen LogP contribution is -2.25. The van der Waals surface area contributed by atoms with Crippen molar-refractivity contribution in [3.63, 3.8) is 0 Å². The van der Waals surface area contributed by atoms with Gasteiger partial charge in [0.15, 0.2) is 0 Å². The number of primary amides is 1. The van der Waals surface area contributed by atoms with E-state index in [2.05, 4.69) is 9.98 Å². The second kappa shape index (κ2) is 3.59. The van der Waals surface area contributed by atoms with E-state index in [4.69, 9.17) is 5.73 Å². The first-order valence-corrected chi connectivity index (χ1v) is 4.82.